The zero-order chi connectivity index (χ0) is 14.1. The van der Waals surface area contributed by atoms with Crippen LogP contribution in [0.5, 0.6) is 0 Å². The first kappa shape index (κ1) is 12.9. The molecular weight excluding hydrogens is 256 g/mol. The molecule has 106 valence electrons. The van der Waals surface area contributed by atoms with Gasteiger partial charge in [0.1, 0.15) is 0 Å². The number of carbonyl (C=O) groups is 1. The predicted molar refractivity (Wildman–Crippen MR) is 76.5 cm³/mol. The molecule has 0 radical (unpaired) electrons. The Kier molecular flexibility index (Phi) is 3.31. The summed E-state index contributed by atoms with van der Waals surface area (Å²) in [7, 11) is 0. The Bertz CT molecular complexity index is 680. The second kappa shape index (κ2) is 5.13. The Morgan fingerprint density at radius 1 is 1.30 bits per heavy atom. The van der Waals surface area contributed by atoms with E-state index in [2.05, 4.69) is 4.98 Å². The molecule has 3 N–H and O–H groups in total. The number of piperidine rings is 1. The summed E-state index contributed by atoms with van der Waals surface area (Å²) >= 11 is 0. The molecule has 1 aliphatic rings. The van der Waals surface area contributed by atoms with Crippen LogP contribution in [-0.4, -0.2) is 40.0 Å². The van der Waals surface area contributed by atoms with Gasteiger partial charge in [0.05, 0.1) is 17.6 Å². The lowest BCUT2D eigenvalue weighted by Gasteiger charge is -2.32. The maximum absolute atomic E-state index is 12.1. The lowest BCUT2D eigenvalue weighted by Crippen LogP contribution is -2.43. The van der Waals surface area contributed by atoms with Crippen LogP contribution in [0.4, 0.5) is 0 Å². The van der Waals surface area contributed by atoms with E-state index >= 15 is 0 Å². The Morgan fingerprint density at radius 3 is 2.70 bits per heavy atom. The summed E-state index contributed by atoms with van der Waals surface area (Å²) in [5.41, 5.74) is 7.10. The van der Waals surface area contributed by atoms with Crippen LogP contribution < -0.4 is 11.4 Å². The molecule has 1 saturated heterocycles. The van der Waals surface area contributed by atoms with Gasteiger partial charge in [-0.25, -0.2) is 4.79 Å². The zero-order valence-electron chi connectivity index (χ0n) is 11.2. The lowest BCUT2D eigenvalue weighted by molar-refractivity contribution is -0.130. The largest absolute Gasteiger partial charge is 0.341 e. The first-order valence-corrected chi connectivity index (χ1v) is 6.88. The van der Waals surface area contributed by atoms with E-state index in [4.69, 9.17) is 5.73 Å². The SMILES string of the molecule is NCC(=O)N1CCC(n2c(=O)[nH]c3ccccc32)CC1. The van der Waals surface area contributed by atoms with Crippen molar-refractivity contribution in [2.24, 2.45) is 5.73 Å². The molecule has 0 saturated carbocycles. The van der Waals surface area contributed by atoms with Crippen molar-refractivity contribution in [1.82, 2.24) is 14.5 Å². The van der Waals surface area contributed by atoms with Crippen LogP contribution in [0, 0.1) is 0 Å². The smallest absolute Gasteiger partial charge is 0.326 e. The number of benzene rings is 1. The molecule has 0 aliphatic carbocycles. The predicted octanol–water partition coefficient (Wildman–Crippen LogP) is 0.452. The Hall–Kier alpha value is -2.08. The van der Waals surface area contributed by atoms with Crippen molar-refractivity contribution in [3.63, 3.8) is 0 Å². The monoisotopic (exact) mass is 274 g/mol. The van der Waals surface area contributed by atoms with Crippen LogP contribution in [0.25, 0.3) is 11.0 Å². The van der Waals surface area contributed by atoms with Gasteiger partial charge < -0.3 is 15.6 Å². The van der Waals surface area contributed by atoms with Gasteiger partial charge in [0, 0.05) is 19.1 Å². The van der Waals surface area contributed by atoms with Crippen molar-refractivity contribution in [3.05, 3.63) is 34.7 Å². The highest BCUT2D eigenvalue weighted by Crippen LogP contribution is 2.24. The molecule has 0 atom stereocenters. The van der Waals surface area contributed by atoms with Gasteiger partial charge in [0.2, 0.25) is 5.91 Å². The zero-order valence-corrected chi connectivity index (χ0v) is 11.2. The van der Waals surface area contributed by atoms with E-state index in [9.17, 15) is 9.59 Å². The highest BCUT2D eigenvalue weighted by Gasteiger charge is 2.25. The number of carbonyl (C=O) groups excluding carboxylic acids is 1. The first-order chi connectivity index (χ1) is 9.70. The Balaban J connectivity index is 1.85. The summed E-state index contributed by atoms with van der Waals surface area (Å²) < 4.78 is 1.82. The number of amides is 1. The van der Waals surface area contributed by atoms with E-state index in [0.717, 1.165) is 23.9 Å². The highest BCUT2D eigenvalue weighted by atomic mass is 16.2. The second-order valence-electron chi connectivity index (χ2n) is 5.13. The second-order valence-corrected chi connectivity index (χ2v) is 5.13. The number of aromatic nitrogens is 2. The number of hydrogen-bond donors (Lipinski definition) is 2. The van der Waals surface area contributed by atoms with Crippen molar-refractivity contribution in [1.29, 1.82) is 0 Å². The fourth-order valence-electron chi connectivity index (χ4n) is 2.94. The quantitative estimate of drug-likeness (QED) is 0.834. The number of nitrogens with two attached hydrogens (primary N) is 1. The molecule has 1 amide bonds. The molecule has 3 rings (SSSR count). The normalized spacial score (nSPS) is 16.8. The molecule has 1 aromatic heterocycles. The molecule has 2 aromatic rings. The molecule has 20 heavy (non-hydrogen) atoms. The van der Waals surface area contributed by atoms with E-state index in [1.54, 1.807) is 4.90 Å². The summed E-state index contributed by atoms with van der Waals surface area (Å²) in [4.78, 5) is 28.3. The van der Waals surface area contributed by atoms with Gasteiger partial charge in [-0.05, 0) is 25.0 Å². The molecule has 0 bridgehead atoms. The molecule has 1 aromatic carbocycles. The summed E-state index contributed by atoms with van der Waals surface area (Å²) in [5, 5.41) is 0. The molecule has 1 aliphatic heterocycles. The van der Waals surface area contributed by atoms with Crippen molar-refractivity contribution < 1.29 is 4.79 Å². The number of fused-ring (bicyclic) bond motifs is 1. The van der Waals surface area contributed by atoms with Crippen LogP contribution in [0.3, 0.4) is 0 Å². The van der Waals surface area contributed by atoms with Crippen LogP contribution in [-0.2, 0) is 4.79 Å². The van der Waals surface area contributed by atoms with Crippen molar-refractivity contribution in [2.45, 2.75) is 18.9 Å². The molecule has 6 nitrogen and oxygen atoms in total. The third kappa shape index (κ3) is 2.12. The van der Waals surface area contributed by atoms with Crippen LogP contribution in [0.15, 0.2) is 29.1 Å². The molecular formula is C14H18N4O2. The van der Waals surface area contributed by atoms with Gasteiger partial charge >= 0.3 is 5.69 Å². The number of rotatable bonds is 2. The number of aromatic amines is 1. The summed E-state index contributed by atoms with van der Waals surface area (Å²) in [6.45, 7) is 1.37. The minimum atomic E-state index is -0.0743. The van der Waals surface area contributed by atoms with Crippen molar-refractivity contribution >= 4 is 16.9 Å². The number of nitrogens with one attached hydrogen (secondary N) is 1. The number of para-hydroxylation sites is 2. The third-order valence-electron chi connectivity index (χ3n) is 3.98. The van der Waals surface area contributed by atoms with Gasteiger partial charge in [-0.2, -0.15) is 0 Å². The molecule has 2 heterocycles. The van der Waals surface area contributed by atoms with E-state index in [-0.39, 0.29) is 24.2 Å². The van der Waals surface area contributed by atoms with E-state index in [1.165, 1.54) is 0 Å². The third-order valence-corrected chi connectivity index (χ3v) is 3.98. The van der Waals surface area contributed by atoms with Gasteiger partial charge in [-0.15, -0.1) is 0 Å². The van der Waals surface area contributed by atoms with Gasteiger partial charge in [-0.3, -0.25) is 9.36 Å². The minimum absolute atomic E-state index is 0.0188. The lowest BCUT2D eigenvalue weighted by atomic mass is 10.0. The highest BCUT2D eigenvalue weighted by molar-refractivity contribution is 5.78. The van der Waals surface area contributed by atoms with Gasteiger partial charge in [0.25, 0.3) is 0 Å². The van der Waals surface area contributed by atoms with E-state index in [0.29, 0.717) is 13.1 Å². The average molecular weight is 274 g/mol. The van der Waals surface area contributed by atoms with Gasteiger partial charge in [-0.1, -0.05) is 12.1 Å². The minimum Gasteiger partial charge on any atom is -0.341 e. The summed E-state index contributed by atoms with van der Waals surface area (Å²) in [6, 6.07) is 7.83. The number of imidazole rings is 1. The molecule has 0 spiro atoms. The standard InChI is InChI=1S/C14H18N4O2/c15-9-13(19)17-7-5-10(6-8-17)18-12-4-2-1-3-11(12)16-14(18)20/h1-4,10H,5-9,15H2,(H,16,20). The molecule has 0 unspecified atom stereocenters. The van der Waals surface area contributed by atoms with Crippen molar-refractivity contribution in [2.75, 3.05) is 19.6 Å². The van der Waals surface area contributed by atoms with Crippen LogP contribution >= 0.6 is 0 Å². The Morgan fingerprint density at radius 2 is 2.00 bits per heavy atom. The number of nitrogens with zero attached hydrogens (tertiary/aromatic N) is 2. The molecule has 6 heteroatoms. The number of H-pyrrole nitrogens is 1. The number of hydrogen-bond acceptors (Lipinski definition) is 3. The van der Waals surface area contributed by atoms with Crippen LogP contribution in [0.1, 0.15) is 18.9 Å². The Labute approximate surface area is 116 Å². The average Bonchev–Trinajstić information content (AvgIpc) is 2.82. The topological polar surface area (TPSA) is 84.1 Å². The fraction of sp³-hybridized carbons (Fsp3) is 0.429. The maximum atomic E-state index is 12.1. The van der Waals surface area contributed by atoms with Crippen molar-refractivity contribution in [3.8, 4) is 0 Å². The van der Waals surface area contributed by atoms with Gasteiger partial charge in [0.15, 0.2) is 0 Å². The van der Waals surface area contributed by atoms with E-state index < -0.39 is 0 Å². The van der Waals surface area contributed by atoms with Crippen LogP contribution in [0.2, 0.25) is 0 Å². The fourth-order valence-corrected chi connectivity index (χ4v) is 2.94. The summed E-state index contributed by atoms with van der Waals surface area (Å²) in [5.74, 6) is -0.0188. The summed E-state index contributed by atoms with van der Waals surface area (Å²) in [6.07, 6.45) is 1.57. The van der Waals surface area contributed by atoms with E-state index in [1.807, 2.05) is 28.8 Å². The first-order valence-electron chi connectivity index (χ1n) is 6.88. The molecule has 1 fully saturated rings. The maximum Gasteiger partial charge on any atom is 0.326 e. The number of likely N-dealkylation sites (tertiary alicyclic amines) is 1.